The Morgan fingerprint density at radius 2 is 2.05 bits per heavy atom. The largest absolute Gasteiger partial charge is 0.310 e. The molecule has 20 heavy (non-hydrogen) atoms. The number of nitrogens with zero attached hydrogens (tertiary/aromatic N) is 4. The number of halogens is 1. The number of aryl methyl sites for hydroxylation is 2. The molecule has 1 N–H and O–H groups in total. The van der Waals surface area contributed by atoms with Crippen molar-refractivity contribution in [2.45, 2.75) is 34.2 Å². The van der Waals surface area contributed by atoms with Crippen LogP contribution in [0.3, 0.4) is 0 Å². The molecule has 2 aromatic rings. The molecule has 0 spiro atoms. The van der Waals surface area contributed by atoms with E-state index in [0.717, 1.165) is 28.1 Å². The topological polar surface area (TPSA) is 55.6 Å². The molecule has 0 saturated carbocycles. The molecule has 0 saturated heterocycles. The molecule has 0 fully saturated rings. The zero-order valence-electron chi connectivity index (χ0n) is 12.3. The molecule has 108 valence electrons. The Balaban J connectivity index is 2.28. The van der Waals surface area contributed by atoms with Gasteiger partial charge in [-0.2, -0.15) is 4.68 Å². The van der Waals surface area contributed by atoms with Crippen molar-refractivity contribution in [2.24, 2.45) is 5.92 Å². The second-order valence-corrected chi connectivity index (χ2v) is 6.30. The zero-order chi connectivity index (χ0) is 14.7. The average molecular weight is 338 g/mol. The van der Waals surface area contributed by atoms with Crippen LogP contribution >= 0.6 is 15.9 Å². The number of tetrazole rings is 1. The lowest BCUT2D eigenvalue weighted by atomic mass is 10.1. The molecule has 0 amide bonds. The van der Waals surface area contributed by atoms with Gasteiger partial charge in [-0.05, 0) is 69.9 Å². The van der Waals surface area contributed by atoms with E-state index in [4.69, 9.17) is 0 Å². The van der Waals surface area contributed by atoms with Crippen molar-refractivity contribution in [2.75, 3.05) is 6.54 Å². The predicted molar refractivity (Wildman–Crippen MR) is 82.9 cm³/mol. The lowest BCUT2D eigenvalue weighted by Gasteiger charge is -2.12. The van der Waals surface area contributed by atoms with Crippen LogP contribution in [-0.4, -0.2) is 26.8 Å². The maximum Gasteiger partial charge on any atom is 0.170 e. The number of hydrogen-bond acceptors (Lipinski definition) is 4. The molecule has 6 heteroatoms. The van der Waals surface area contributed by atoms with Crippen LogP contribution in [0.15, 0.2) is 16.6 Å². The fraction of sp³-hybridized carbons (Fsp3) is 0.500. The van der Waals surface area contributed by atoms with Crippen molar-refractivity contribution >= 4 is 15.9 Å². The summed E-state index contributed by atoms with van der Waals surface area (Å²) in [6, 6.07) is 4.21. The van der Waals surface area contributed by atoms with Crippen molar-refractivity contribution in [1.82, 2.24) is 25.5 Å². The number of aromatic nitrogens is 4. The van der Waals surface area contributed by atoms with Gasteiger partial charge in [0.25, 0.3) is 0 Å². The first-order valence-corrected chi connectivity index (χ1v) is 7.53. The van der Waals surface area contributed by atoms with Crippen LogP contribution in [-0.2, 0) is 6.54 Å². The highest BCUT2D eigenvalue weighted by Crippen LogP contribution is 2.26. The quantitative estimate of drug-likeness (QED) is 0.911. The lowest BCUT2D eigenvalue weighted by Crippen LogP contribution is -2.21. The minimum absolute atomic E-state index is 0.604. The second-order valence-electron chi connectivity index (χ2n) is 5.44. The molecule has 0 unspecified atom stereocenters. The first-order chi connectivity index (χ1) is 9.49. The Hall–Kier alpha value is -1.27. The smallest absolute Gasteiger partial charge is 0.170 e. The first-order valence-electron chi connectivity index (χ1n) is 6.74. The molecule has 2 rings (SSSR count). The third kappa shape index (κ3) is 3.43. The van der Waals surface area contributed by atoms with Crippen LogP contribution in [0.25, 0.3) is 5.69 Å². The summed E-state index contributed by atoms with van der Waals surface area (Å²) < 4.78 is 2.80. The van der Waals surface area contributed by atoms with Gasteiger partial charge in [-0.25, -0.2) is 0 Å². The van der Waals surface area contributed by atoms with Crippen molar-refractivity contribution in [1.29, 1.82) is 0 Å². The highest BCUT2D eigenvalue weighted by atomic mass is 79.9. The van der Waals surface area contributed by atoms with Gasteiger partial charge >= 0.3 is 0 Å². The van der Waals surface area contributed by atoms with Crippen LogP contribution < -0.4 is 5.32 Å². The van der Waals surface area contributed by atoms with E-state index in [9.17, 15) is 0 Å². The highest BCUT2D eigenvalue weighted by molar-refractivity contribution is 9.10. The molecule has 1 heterocycles. The summed E-state index contributed by atoms with van der Waals surface area (Å²) in [5.74, 6) is 1.42. The number of rotatable bonds is 5. The summed E-state index contributed by atoms with van der Waals surface area (Å²) in [7, 11) is 0. The summed E-state index contributed by atoms with van der Waals surface area (Å²) >= 11 is 3.61. The maximum absolute atomic E-state index is 4.12. The Kier molecular flexibility index (Phi) is 4.88. The molecule has 1 aromatic heterocycles. The SMILES string of the molecule is Cc1cc(C)c(-n2nnnc2CNCC(C)C)c(Br)c1. The van der Waals surface area contributed by atoms with Crippen molar-refractivity contribution < 1.29 is 0 Å². The molecule has 0 aliphatic heterocycles. The van der Waals surface area contributed by atoms with Gasteiger partial charge in [-0.15, -0.1) is 5.10 Å². The van der Waals surface area contributed by atoms with Gasteiger partial charge in [0.15, 0.2) is 5.82 Å². The van der Waals surface area contributed by atoms with Gasteiger partial charge in [0.1, 0.15) is 0 Å². The van der Waals surface area contributed by atoms with Crippen LogP contribution in [0.5, 0.6) is 0 Å². The molecule has 0 aliphatic rings. The minimum Gasteiger partial charge on any atom is -0.310 e. The molecule has 0 atom stereocenters. The van der Waals surface area contributed by atoms with Gasteiger partial charge in [0.2, 0.25) is 0 Å². The Bertz CT molecular complexity index is 568. The van der Waals surface area contributed by atoms with E-state index in [-0.39, 0.29) is 0 Å². The Labute approximate surface area is 127 Å². The van der Waals surface area contributed by atoms with E-state index in [0.29, 0.717) is 12.5 Å². The summed E-state index contributed by atoms with van der Waals surface area (Å²) in [6.45, 7) is 10.1. The third-order valence-corrected chi connectivity index (χ3v) is 3.58. The van der Waals surface area contributed by atoms with Gasteiger partial charge in [-0.1, -0.05) is 19.9 Å². The molecule has 1 aromatic carbocycles. The fourth-order valence-corrected chi connectivity index (χ4v) is 2.98. The van der Waals surface area contributed by atoms with Crippen LogP contribution in [0.4, 0.5) is 0 Å². The summed E-state index contributed by atoms with van der Waals surface area (Å²) in [4.78, 5) is 0. The fourth-order valence-electron chi connectivity index (χ4n) is 2.14. The zero-order valence-corrected chi connectivity index (χ0v) is 13.9. The molecular formula is C14H20BrN5. The predicted octanol–water partition coefficient (Wildman–Crippen LogP) is 2.79. The number of nitrogens with one attached hydrogen (secondary N) is 1. The van der Waals surface area contributed by atoms with Crippen molar-refractivity contribution in [3.8, 4) is 5.69 Å². The number of hydrogen-bond donors (Lipinski definition) is 1. The third-order valence-electron chi connectivity index (χ3n) is 2.98. The van der Waals surface area contributed by atoms with Gasteiger partial charge in [0, 0.05) is 4.47 Å². The van der Waals surface area contributed by atoms with Crippen molar-refractivity contribution in [3.05, 3.63) is 33.6 Å². The molecular weight excluding hydrogens is 318 g/mol. The van der Waals surface area contributed by atoms with E-state index in [1.54, 1.807) is 4.68 Å². The standard InChI is InChI=1S/C14H20BrN5/c1-9(2)7-16-8-13-17-18-19-20(13)14-11(4)5-10(3)6-12(14)15/h5-6,9,16H,7-8H2,1-4H3. The van der Waals surface area contributed by atoms with E-state index in [1.807, 2.05) is 0 Å². The van der Waals surface area contributed by atoms with Gasteiger partial charge in [0.05, 0.1) is 12.2 Å². The minimum atomic E-state index is 0.604. The Morgan fingerprint density at radius 3 is 2.70 bits per heavy atom. The lowest BCUT2D eigenvalue weighted by molar-refractivity contribution is 0.537. The Morgan fingerprint density at radius 1 is 1.30 bits per heavy atom. The molecule has 0 aliphatic carbocycles. The summed E-state index contributed by atoms with van der Waals surface area (Å²) in [5.41, 5.74) is 3.36. The van der Waals surface area contributed by atoms with Gasteiger partial charge < -0.3 is 5.32 Å². The van der Waals surface area contributed by atoms with Crippen molar-refractivity contribution in [3.63, 3.8) is 0 Å². The second kappa shape index (κ2) is 6.45. The first kappa shape index (κ1) is 15.1. The van der Waals surface area contributed by atoms with E-state index >= 15 is 0 Å². The van der Waals surface area contributed by atoms with E-state index < -0.39 is 0 Å². The van der Waals surface area contributed by atoms with Crippen LogP contribution in [0.2, 0.25) is 0 Å². The molecule has 0 radical (unpaired) electrons. The van der Waals surface area contributed by atoms with Crippen LogP contribution in [0.1, 0.15) is 30.8 Å². The normalized spacial score (nSPS) is 11.3. The average Bonchev–Trinajstić information content (AvgIpc) is 2.75. The van der Waals surface area contributed by atoms with E-state index in [2.05, 4.69) is 76.6 Å². The number of benzene rings is 1. The summed E-state index contributed by atoms with van der Waals surface area (Å²) in [6.07, 6.45) is 0. The van der Waals surface area contributed by atoms with Crippen LogP contribution in [0, 0.1) is 19.8 Å². The summed E-state index contributed by atoms with van der Waals surface area (Å²) in [5, 5.41) is 15.4. The van der Waals surface area contributed by atoms with Gasteiger partial charge in [-0.3, -0.25) is 0 Å². The highest BCUT2D eigenvalue weighted by Gasteiger charge is 2.14. The monoisotopic (exact) mass is 337 g/mol. The molecule has 5 nitrogen and oxygen atoms in total. The van der Waals surface area contributed by atoms with E-state index in [1.165, 1.54) is 5.56 Å². The maximum atomic E-state index is 4.12. The molecule has 0 bridgehead atoms.